The first-order valence-corrected chi connectivity index (χ1v) is 6.48. The number of thiol groups is 1. The van der Waals surface area contributed by atoms with Gasteiger partial charge in [-0.05, 0) is 20.8 Å². The van der Waals surface area contributed by atoms with Crippen LogP contribution in [0.15, 0.2) is 10.3 Å². The second-order valence-electron chi connectivity index (χ2n) is 2.52. The monoisotopic (exact) mass is 239 g/mol. The van der Waals surface area contributed by atoms with Crippen molar-refractivity contribution in [2.75, 3.05) is 20.3 Å². The highest BCUT2D eigenvalue weighted by Gasteiger charge is 2.28. The molecule has 0 rings (SSSR count). The summed E-state index contributed by atoms with van der Waals surface area (Å²) in [6.45, 7) is 5.93. The normalized spacial score (nSPS) is 13.8. The Morgan fingerprint density at radius 1 is 1.36 bits per heavy atom. The summed E-state index contributed by atoms with van der Waals surface area (Å²) in [5, 5.41) is 3.83. The third-order valence-electron chi connectivity index (χ3n) is 1.59. The topological polar surface area (TPSA) is 47.6 Å². The van der Waals surface area contributed by atoms with Crippen LogP contribution in [-0.4, -0.2) is 20.3 Å². The molecule has 0 amide bonds. The van der Waals surface area contributed by atoms with Crippen LogP contribution in [0.5, 0.6) is 0 Å². The fraction of sp³-hybridized carbons (Fsp3) is 0.750. The minimum atomic E-state index is -3.14. The maximum atomic E-state index is 12.1. The van der Waals surface area contributed by atoms with Gasteiger partial charge in [-0.2, -0.15) is 0 Å². The van der Waals surface area contributed by atoms with Crippen molar-refractivity contribution in [3.8, 4) is 0 Å². The van der Waals surface area contributed by atoms with Crippen molar-refractivity contribution in [2.24, 2.45) is 0 Å². The molecule has 84 valence electrons. The Bertz CT molecular complexity index is 245. The third kappa shape index (κ3) is 3.65. The average Bonchev–Trinajstić information content (AvgIpc) is 2.16. The van der Waals surface area contributed by atoms with Gasteiger partial charge in [0.05, 0.1) is 23.6 Å². The molecule has 0 aromatic heterocycles. The standard InChI is InChI=1S/C8H18NO3PS/c1-5-11-13(10,12-6-2)7(3)8(14)9-4/h9,14H,5-6H2,1-4H3/b8-7-. The first kappa shape index (κ1) is 14.0. The van der Waals surface area contributed by atoms with Crippen LogP contribution >= 0.6 is 20.2 Å². The van der Waals surface area contributed by atoms with Gasteiger partial charge >= 0.3 is 7.60 Å². The zero-order valence-corrected chi connectivity index (χ0v) is 10.8. The number of hydrogen-bond acceptors (Lipinski definition) is 5. The second-order valence-corrected chi connectivity index (χ2v) is 5.15. The van der Waals surface area contributed by atoms with Gasteiger partial charge in [-0.25, -0.2) is 0 Å². The molecule has 0 radical (unpaired) electrons. The zero-order chi connectivity index (χ0) is 11.2. The van der Waals surface area contributed by atoms with E-state index < -0.39 is 7.60 Å². The van der Waals surface area contributed by atoms with Crippen LogP contribution < -0.4 is 5.32 Å². The molecule has 0 atom stereocenters. The second kappa shape index (κ2) is 6.51. The maximum Gasteiger partial charge on any atom is 0.359 e. The Balaban J connectivity index is 4.91. The largest absolute Gasteiger partial charge is 0.383 e. The molecule has 0 aliphatic heterocycles. The third-order valence-corrected chi connectivity index (χ3v) is 4.57. The molecule has 0 aromatic carbocycles. The van der Waals surface area contributed by atoms with Crippen molar-refractivity contribution in [3.05, 3.63) is 10.3 Å². The maximum absolute atomic E-state index is 12.1. The predicted octanol–water partition coefficient (Wildman–Crippen LogP) is 2.59. The van der Waals surface area contributed by atoms with Crippen molar-refractivity contribution >= 4 is 20.2 Å². The molecule has 0 unspecified atom stereocenters. The fourth-order valence-electron chi connectivity index (χ4n) is 0.881. The molecule has 1 N–H and O–H groups in total. The molecule has 0 aliphatic rings. The summed E-state index contributed by atoms with van der Waals surface area (Å²) in [5.41, 5.74) is 0. The van der Waals surface area contributed by atoms with Crippen molar-refractivity contribution in [1.82, 2.24) is 5.32 Å². The van der Waals surface area contributed by atoms with Crippen molar-refractivity contribution in [1.29, 1.82) is 0 Å². The summed E-state index contributed by atoms with van der Waals surface area (Å²) in [5.74, 6) is 0. The van der Waals surface area contributed by atoms with E-state index >= 15 is 0 Å². The Hall–Kier alpha value is 0.0400. The van der Waals surface area contributed by atoms with Crippen LogP contribution in [0.25, 0.3) is 0 Å². The van der Waals surface area contributed by atoms with Crippen molar-refractivity contribution in [2.45, 2.75) is 20.8 Å². The van der Waals surface area contributed by atoms with E-state index in [-0.39, 0.29) is 0 Å². The number of rotatable bonds is 6. The van der Waals surface area contributed by atoms with Gasteiger partial charge in [-0.3, -0.25) is 4.57 Å². The highest BCUT2D eigenvalue weighted by Crippen LogP contribution is 2.56. The van der Waals surface area contributed by atoms with Gasteiger partial charge in [0.25, 0.3) is 0 Å². The van der Waals surface area contributed by atoms with Crippen LogP contribution in [0.2, 0.25) is 0 Å². The van der Waals surface area contributed by atoms with Gasteiger partial charge in [0.1, 0.15) is 0 Å². The van der Waals surface area contributed by atoms with Gasteiger partial charge in [0.15, 0.2) is 0 Å². The lowest BCUT2D eigenvalue weighted by atomic mass is 10.7. The van der Waals surface area contributed by atoms with E-state index in [0.717, 1.165) is 0 Å². The van der Waals surface area contributed by atoms with Gasteiger partial charge in [0.2, 0.25) is 0 Å². The lowest BCUT2D eigenvalue weighted by Crippen LogP contribution is -2.05. The summed E-state index contributed by atoms with van der Waals surface area (Å²) < 4.78 is 22.4. The number of nitrogens with one attached hydrogen (secondary N) is 1. The van der Waals surface area contributed by atoms with Crippen LogP contribution in [0.3, 0.4) is 0 Å². The first-order valence-electron chi connectivity index (χ1n) is 4.49. The summed E-state index contributed by atoms with van der Waals surface area (Å²) in [6.07, 6.45) is 0. The minimum Gasteiger partial charge on any atom is -0.383 e. The van der Waals surface area contributed by atoms with E-state index in [1.807, 2.05) is 0 Å². The highest BCUT2D eigenvalue weighted by molar-refractivity contribution is 7.85. The van der Waals surface area contributed by atoms with Crippen molar-refractivity contribution in [3.63, 3.8) is 0 Å². The SMILES string of the molecule is CCOP(=O)(OCC)/C(C)=C(\S)NC. The van der Waals surface area contributed by atoms with Gasteiger partial charge in [-0.1, -0.05) is 0 Å². The van der Waals surface area contributed by atoms with Gasteiger partial charge in [0, 0.05) is 7.05 Å². The quantitative estimate of drug-likeness (QED) is 0.552. The fourth-order valence-corrected chi connectivity index (χ4v) is 2.76. The van der Waals surface area contributed by atoms with Gasteiger partial charge < -0.3 is 14.4 Å². The zero-order valence-electron chi connectivity index (χ0n) is 9.03. The van der Waals surface area contributed by atoms with E-state index in [0.29, 0.717) is 23.6 Å². The molecule has 0 aromatic rings. The molecular formula is C8H18NO3PS. The molecule has 0 fully saturated rings. The molecule has 0 heterocycles. The lowest BCUT2D eigenvalue weighted by Gasteiger charge is -2.18. The Labute approximate surface area is 91.0 Å². The van der Waals surface area contributed by atoms with Crippen LogP contribution in [0, 0.1) is 0 Å². The summed E-state index contributed by atoms with van der Waals surface area (Å²) in [4.78, 5) is 0. The molecule has 14 heavy (non-hydrogen) atoms. The van der Waals surface area contributed by atoms with Crippen LogP contribution in [-0.2, 0) is 13.6 Å². The first-order chi connectivity index (χ1) is 6.51. The Kier molecular flexibility index (Phi) is 6.53. The van der Waals surface area contributed by atoms with Crippen molar-refractivity contribution < 1.29 is 13.6 Å². The molecule has 0 bridgehead atoms. The molecular weight excluding hydrogens is 221 g/mol. The average molecular weight is 239 g/mol. The van der Waals surface area contributed by atoms with Crippen LogP contribution in [0.1, 0.15) is 20.8 Å². The number of allylic oxidation sites excluding steroid dienone is 1. The summed E-state index contributed by atoms with van der Waals surface area (Å²) in [7, 11) is -1.44. The molecule has 0 spiro atoms. The van der Waals surface area contributed by atoms with E-state index in [1.54, 1.807) is 27.8 Å². The van der Waals surface area contributed by atoms with E-state index in [1.165, 1.54) is 0 Å². The summed E-state index contributed by atoms with van der Waals surface area (Å²) >= 11 is 4.14. The summed E-state index contributed by atoms with van der Waals surface area (Å²) in [6, 6.07) is 0. The predicted molar refractivity (Wildman–Crippen MR) is 61.6 cm³/mol. The molecule has 4 nitrogen and oxygen atoms in total. The van der Waals surface area contributed by atoms with E-state index in [2.05, 4.69) is 17.9 Å². The smallest absolute Gasteiger partial charge is 0.359 e. The molecule has 0 saturated heterocycles. The minimum absolute atomic E-state index is 0.347. The molecule has 6 heteroatoms. The van der Waals surface area contributed by atoms with Crippen LogP contribution in [0.4, 0.5) is 0 Å². The number of hydrogen-bond donors (Lipinski definition) is 2. The Morgan fingerprint density at radius 2 is 1.79 bits per heavy atom. The lowest BCUT2D eigenvalue weighted by molar-refractivity contribution is 0.226. The highest BCUT2D eigenvalue weighted by atomic mass is 32.1. The molecule has 0 aliphatic carbocycles. The van der Waals surface area contributed by atoms with Gasteiger partial charge in [-0.15, -0.1) is 12.6 Å². The Morgan fingerprint density at radius 3 is 2.07 bits per heavy atom. The van der Waals surface area contributed by atoms with E-state index in [4.69, 9.17) is 9.05 Å². The van der Waals surface area contributed by atoms with E-state index in [9.17, 15) is 4.57 Å². The molecule has 0 saturated carbocycles.